The summed E-state index contributed by atoms with van der Waals surface area (Å²) in [5.74, 6) is -0.683. The maximum Gasteiger partial charge on any atom is 0.303 e. The SMILES string of the molecule is CN1CCC(N(CCCC(=O)O)c2ccccc2)C1=O. The Balaban J connectivity index is 2.12. The Morgan fingerprint density at radius 1 is 1.40 bits per heavy atom. The second-order valence-electron chi connectivity index (χ2n) is 5.09. The second kappa shape index (κ2) is 6.41. The summed E-state index contributed by atoms with van der Waals surface area (Å²) in [6.45, 7) is 1.34. The van der Waals surface area contributed by atoms with Crippen molar-refractivity contribution in [2.45, 2.75) is 25.3 Å². The zero-order valence-electron chi connectivity index (χ0n) is 11.7. The van der Waals surface area contributed by atoms with E-state index in [2.05, 4.69) is 0 Å². The van der Waals surface area contributed by atoms with Gasteiger partial charge in [0.1, 0.15) is 6.04 Å². The van der Waals surface area contributed by atoms with Crippen molar-refractivity contribution in [3.8, 4) is 0 Å². The predicted octanol–water partition coefficient (Wildman–Crippen LogP) is 1.59. The van der Waals surface area contributed by atoms with Crippen molar-refractivity contribution in [2.24, 2.45) is 0 Å². The van der Waals surface area contributed by atoms with Crippen molar-refractivity contribution < 1.29 is 14.7 Å². The predicted molar refractivity (Wildman–Crippen MR) is 76.7 cm³/mol. The van der Waals surface area contributed by atoms with Crippen LogP contribution in [0.3, 0.4) is 0 Å². The molecule has 0 bridgehead atoms. The Morgan fingerprint density at radius 3 is 2.65 bits per heavy atom. The summed E-state index contributed by atoms with van der Waals surface area (Å²) in [6, 6.07) is 9.56. The van der Waals surface area contributed by atoms with Crippen LogP contribution in [0.2, 0.25) is 0 Å². The molecule has 2 rings (SSSR count). The largest absolute Gasteiger partial charge is 0.481 e. The van der Waals surface area contributed by atoms with E-state index in [-0.39, 0.29) is 18.4 Å². The number of hydrogen-bond donors (Lipinski definition) is 1. The van der Waals surface area contributed by atoms with E-state index in [1.54, 1.807) is 4.90 Å². The summed E-state index contributed by atoms with van der Waals surface area (Å²) in [5.41, 5.74) is 0.978. The Bertz CT molecular complexity index is 475. The van der Waals surface area contributed by atoms with Gasteiger partial charge < -0.3 is 14.9 Å². The molecule has 0 spiro atoms. The number of carboxylic acid groups (broad SMARTS) is 1. The molecule has 1 N–H and O–H groups in total. The molecule has 1 atom stereocenters. The highest BCUT2D eigenvalue weighted by Crippen LogP contribution is 2.23. The highest BCUT2D eigenvalue weighted by atomic mass is 16.4. The number of aliphatic carboxylic acids is 1. The van der Waals surface area contributed by atoms with E-state index in [1.165, 1.54) is 0 Å². The molecule has 1 aromatic rings. The Kier molecular flexibility index (Phi) is 4.61. The summed E-state index contributed by atoms with van der Waals surface area (Å²) in [6.07, 6.45) is 1.45. The van der Waals surface area contributed by atoms with Gasteiger partial charge >= 0.3 is 5.97 Å². The third kappa shape index (κ3) is 3.29. The second-order valence-corrected chi connectivity index (χ2v) is 5.09. The van der Waals surface area contributed by atoms with Gasteiger partial charge in [0.05, 0.1) is 0 Å². The molecule has 1 amide bonds. The van der Waals surface area contributed by atoms with Gasteiger partial charge in [0.15, 0.2) is 0 Å². The minimum absolute atomic E-state index is 0.115. The van der Waals surface area contributed by atoms with Crippen LogP contribution in [0.25, 0.3) is 0 Å². The molecule has 1 unspecified atom stereocenters. The van der Waals surface area contributed by atoms with Crippen molar-refractivity contribution in [3.63, 3.8) is 0 Å². The topological polar surface area (TPSA) is 60.9 Å². The number of likely N-dealkylation sites (N-methyl/N-ethyl adjacent to an activating group) is 1. The number of carbonyl (C=O) groups is 2. The molecule has 20 heavy (non-hydrogen) atoms. The molecule has 5 heteroatoms. The third-order valence-electron chi connectivity index (χ3n) is 3.65. The van der Waals surface area contributed by atoms with Crippen LogP contribution in [0.5, 0.6) is 0 Å². The van der Waals surface area contributed by atoms with Crippen molar-refractivity contribution in [1.82, 2.24) is 4.90 Å². The summed E-state index contributed by atoms with van der Waals surface area (Å²) in [5, 5.41) is 8.76. The minimum atomic E-state index is -0.798. The maximum atomic E-state index is 12.2. The van der Waals surface area contributed by atoms with Crippen LogP contribution >= 0.6 is 0 Å². The molecule has 1 aliphatic heterocycles. The first-order valence-corrected chi connectivity index (χ1v) is 6.88. The van der Waals surface area contributed by atoms with Gasteiger partial charge in [0.25, 0.3) is 0 Å². The van der Waals surface area contributed by atoms with E-state index in [4.69, 9.17) is 5.11 Å². The number of carboxylic acids is 1. The van der Waals surface area contributed by atoms with Crippen LogP contribution in [-0.2, 0) is 9.59 Å². The van der Waals surface area contributed by atoms with Crippen LogP contribution < -0.4 is 4.90 Å². The number of para-hydroxylation sites is 1. The van der Waals surface area contributed by atoms with Crippen LogP contribution in [-0.4, -0.2) is 48.1 Å². The first-order chi connectivity index (χ1) is 9.59. The zero-order valence-corrected chi connectivity index (χ0v) is 11.7. The Labute approximate surface area is 118 Å². The normalized spacial score (nSPS) is 18.4. The van der Waals surface area contributed by atoms with Gasteiger partial charge in [0, 0.05) is 32.2 Å². The lowest BCUT2D eigenvalue weighted by molar-refractivity contribution is -0.137. The van der Waals surface area contributed by atoms with Crippen LogP contribution in [0.4, 0.5) is 5.69 Å². The van der Waals surface area contributed by atoms with Gasteiger partial charge in [0.2, 0.25) is 5.91 Å². The monoisotopic (exact) mass is 276 g/mol. The minimum Gasteiger partial charge on any atom is -0.481 e. The van der Waals surface area contributed by atoms with Gasteiger partial charge in [-0.1, -0.05) is 18.2 Å². The van der Waals surface area contributed by atoms with Gasteiger partial charge in [-0.05, 0) is 25.0 Å². The van der Waals surface area contributed by atoms with Crippen LogP contribution in [0, 0.1) is 0 Å². The van der Waals surface area contributed by atoms with Gasteiger partial charge in [-0.25, -0.2) is 0 Å². The van der Waals surface area contributed by atoms with E-state index in [9.17, 15) is 9.59 Å². The molecular weight excluding hydrogens is 256 g/mol. The average molecular weight is 276 g/mol. The van der Waals surface area contributed by atoms with Crippen LogP contribution in [0.15, 0.2) is 30.3 Å². The fourth-order valence-corrected chi connectivity index (χ4v) is 2.58. The molecule has 1 aromatic carbocycles. The summed E-state index contributed by atoms with van der Waals surface area (Å²) in [7, 11) is 1.81. The fraction of sp³-hybridized carbons (Fsp3) is 0.467. The maximum absolute atomic E-state index is 12.2. The van der Waals surface area contributed by atoms with E-state index < -0.39 is 5.97 Å². The zero-order chi connectivity index (χ0) is 14.5. The number of likely N-dealkylation sites (tertiary alicyclic amines) is 1. The number of nitrogens with zero attached hydrogens (tertiary/aromatic N) is 2. The van der Waals surface area contributed by atoms with Crippen molar-refractivity contribution in [1.29, 1.82) is 0 Å². The van der Waals surface area contributed by atoms with Crippen molar-refractivity contribution in [2.75, 3.05) is 25.0 Å². The first kappa shape index (κ1) is 14.4. The average Bonchev–Trinajstić information content (AvgIpc) is 2.76. The van der Waals surface area contributed by atoms with E-state index in [0.717, 1.165) is 18.7 Å². The number of benzene rings is 1. The summed E-state index contributed by atoms with van der Waals surface area (Å²) in [4.78, 5) is 26.6. The van der Waals surface area contributed by atoms with Crippen molar-refractivity contribution in [3.05, 3.63) is 30.3 Å². The molecule has 0 aromatic heterocycles. The number of carbonyl (C=O) groups excluding carboxylic acids is 1. The third-order valence-corrected chi connectivity index (χ3v) is 3.65. The van der Waals surface area contributed by atoms with E-state index in [0.29, 0.717) is 13.0 Å². The van der Waals surface area contributed by atoms with Crippen LogP contribution in [0.1, 0.15) is 19.3 Å². The molecule has 1 heterocycles. The lowest BCUT2D eigenvalue weighted by atomic mass is 10.1. The standard InChI is InChI=1S/C15H20N2O3/c1-16-11-9-13(15(16)20)17(10-5-8-14(18)19)12-6-3-2-4-7-12/h2-4,6-7,13H,5,8-11H2,1H3,(H,18,19). The summed E-state index contributed by atoms with van der Waals surface area (Å²) < 4.78 is 0. The summed E-state index contributed by atoms with van der Waals surface area (Å²) >= 11 is 0. The molecular formula is C15H20N2O3. The van der Waals surface area contributed by atoms with Gasteiger partial charge in [-0.2, -0.15) is 0 Å². The lowest BCUT2D eigenvalue weighted by Crippen LogP contribution is -2.42. The number of rotatable bonds is 6. The highest BCUT2D eigenvalue weighted by molar-refractivity contribution is 5.87. The number of hydrogen-bond acceptors (Lipinski definition) is 3. The fourth-order valence-electron chi connectivity index (χ4n) is 2.58. The quantitative estimate of drug-likeness (QED) is 0.857. The molecule has 108 valence electrons. The number of anilines is 1. The molecule has 0 aliphatic carbocycles. The first-order valence-electron chi connectivity index (χ1n) is 6.88. The lowest BCUT2D eigenvalue weighted by Gasteiger charge is -2.29. The Morgan fingerprint density at radius 2 is 2.10 bits per heavy atom. The molecule has 0 radical (unpaired) electrons. The molecule has 1 fully saturated rings. The van der Waals surface area contributed by atoms with Gasteiger partial charge in [-0.3, -0.25) is 9.59 Å². The van der Waals surface area contributed by atoms with Gasteiger partial charge in [-0.15, -0.1) is 0 Å². The smallest absolute Gasteiger partial charge is 0.303 e. The Hall–Kier alpha value is -2.04. The molecule has 0 saturated carbocycles. The van der Waals surface area contributed by atoms with E-state index in [1.807, 2.05) is 42.3 Å². The molecule has 5 nitrogen and oxygen atoms in total. The molecule has 1 aliphatic rings. The molecule has 1 saturated heterocycles. The number of amides is 1. The highest BCUT2D eigenvalue weighted by Gasteiger charge is 2.33. The van der Waals surface area contributed by atoms with E-state index >= 15 is 0 Å². The van der Waals surface area contributed by atoms with Crippen molar-refractivity contribution >= 4 is 17.6 Å².